The Morgan fingerprint density at radius 2 is 2.04 bits per heavy atom. The molecule has 2 heterocycles. The highest BCUT2D eigenvalue weighted by Gasteiger charge is 2.35. The van der Waals surface area contributed by atoms with Gasteiger partial charge in [0.2, 0.25) is 10.0 Å². The van der Waals surface area contributed by atoms with Crippen LogP contribution in [0.2, 0.25) is 0 Å². The molecule has 1 atom stereocenters. The first-order valence-corrected chi connectivity index (χ1v) is 9.54. The molecule has 130 valence electrons. The average Bonchev–Trinajstić information content (AvgIpc) is 3.21. The van der Waals surface area contributed by atoms with E-state index in [4.69, 9.17) is 4.74 Å². The van der Waals surface area contributed by atoms with Crippen LogP contribution in [-0.4, -0.2) is 49.1 Å². The Hall–Kier alpha value is -1.70. The Morgan fingerprint density at radius 1 is 1.29 bits per heavy atom. The van der Waals surface area contributed by atoms with E-state index < -0.39 is 10.0 Å². The van der Waals surface area contributed by atoms with Crippen molar-refractivity contribution >= 4 is 10.0 Å². The smallest absolute Gasteiger partial charge is 0.243 e. The van der Waals surface area contributed by atoms with Gasteiger partial charge in [-0.15, -0.1) is 0 Å². The van der Waals surface area contributed by atoms with Gasteiger partial charge in [0.05, 0.1) is 11.5 Å². The molecule has 1 aromatic carbocycles. The Bertz CT molecular complexity index is 787. The quantitative estimate of drug-likeness (QED) is 0.800. The maximum absolute atomic E-state index is 12.8. The minimum atomic E-state index is -3.43. The zero-order valence-corrected chi connectivity index (χ0v) is 14.9. The molecule has 2 aromatic rings. The Balaban J connectivity index is 1.79. The Morgan fingerprint density at radius 3 is 2.75 bits per heavy atom. The number of sulfonamides is 1. The standard InChI is InChI=1S/C17H23N3O3S/c1-14-12-18-17(20(14)10-11-23-2)15-8-9-19(13-15)24(21,22)16-6-4-3-5-7-16/h3-7,12,15H,8-11,13H2,1-2H3. The van der Waals surface area contributed by atoms with E-state index in [1.165, 1.54) is 0 Å². The summed E-state index contributed by atoms with van der Waals surface area (Å²) in [4.78, 5) is 4.88. The summed E-state index contributed by atoms with van der Waals surface area (Å²) < 4.78 is 34.4. The lowest BCUT2D eigenvalue weighted by atomic mass is 10.1. The summed E-state index contributed by atoms with van der Waals surface area (Å²) >= 11 is 0. The second kappa shape index (κ2) is 7.04. The molecule has 6 nitrogen and oxygen atoms in total. The molecule has 0 amide bonds. The van der Waals surface area contributed by atoms with Gasteiger partial charge in [0.1, 0.15) is 5.82 Å². The van der Waals surface area contributed by atoms with E-state index >= 15 is 0 Å². The predicted molar refractivity (Wildman–Crippen MR) is 91.4 cm³/mol. The first-order chi connectivity index (χ1) is 11.5. The SMILES string of the molecule is COCCn1c(C)cnc1C1CCN(S(=O)(=O)c2ccccc2)C1. The molecule has 0 radical (unpaired) electrons. The molecule has 24 heavy (non-hydrogen) atoms. The lowest BCUT2D eigenvalue weighted by Crippen LogP contribution is -2.29. The summed E-state index contributed by atoms with van der Waals surface area (Å²) in [5.74, 6) is 1.07. The number of aryl methyl sites for hydroxylation is 1. The van der Waals surface area contributed by atoms with Crippen molar-refractivity contribution in [3.63, 3.8) is 0 Å². The van der Waals surface area contributed by atoms with Crippen molar-refractivity contribution in [2.75, 3.05) is 26.8 Å². The lowest BCUT2D eigenvalue weighted by molar-refractivity contribution is 0.185. The van der Waals surface area contributed by atoms with Crippen LogP contribution < -0.4 is 0 Å². The predicted octanol–water partition coefficient (Wildman–Crippen LogP) is 2.02. The number of aromatic nitrogens is 2. The molecule has 0 spiro atoms. The van der Waals surface area contributed by atoms with Gasteiger partial charge in [-0.05, 0) is 25.5 Å². The van der Waals surface area contributed by atoms with Crippen LogP contribution in [0.1, 0.15) is 23.9 Å². The summed E-state index contributed by atoms with van der Waals surface area (Å²) in [5, 5.41) is 0. The summed E-state index contributed by atoms with van der Waals surface area (Å²) in [6.45, 7) is 4.36. The second-order valence-corrected chi connectivity index (χ2v) is 8.00. The largest absolute Gasteiger partial charge is 0.383 e. The zero-order chi connectivity index (χ0) is 17.2. The van der Waals surface area contributed by atoms with Gasteiger partial charge in [-0.2, -0.15) is 4.31 Å². The van der Waals surface area contributed by atoms with Crippen molar-refractivity contribution in [1.29, 1.82) is 0 Å². The van der Waals surface area contributed by atoms with Crippen molar-refractivity contribution in [3.8, 4) is 0 Å². The molecule has 0 bridgehead atoms. The number of ether oxygens (including phenoxy) is 1. The molecule has 7 heteroatoms. The number of rotatable bonds is 6. The fourth-order valence-corrected chi connectivity index (χ4v) is 4.70. The first-order valence-electron chi connectivity index (χ1n) is 8.10. The van der Waals surface area contributed by atoms with Gasteiger partial charge in [0.25, 0.3) is 0 Å². The van der Waals surface area contributed by atoms with Gasteiger partial charge < -0.3 is 9.30 Å². The van der Waals surface area contributed by atoms with Crippen molar-refractivity contribution < 1.29 is 13.2 Å². The minimum absolute atomic E-state index is 0.119. The molecule has 1 fully saturated rings. The molecule has 1 saturated heterocycles. The molecule has 1 aliphatic rings. The zero-order valence-electron chi connectivity index (χ0n) is 14.1. The van der Waals surface area contributed by atoms with Crippen LogP contribution in [0.4, 0.5) is 0 Å². The third kappa shape index (κ3) is 3.24. The average molecular weight is 349 g/mol. The monoisotopic (exact) mass is 349 g/mol. The number of benzene rings is 1. The Labute approximate surface area is 143 Å². The second-order valence-electron chi connectivity index (χ2n) is 6.06. The van der Waals surface area contributed by atoms with E-state index in [0.717, 1.165) is 24.5 Å². The Kier molecular flexibility index (Phi) is 5.03. The van der Waals surface area contributed by atoms with Crippen LogP contribution in [-0.2, 0) is 21.3 Å². The van der Waals surface area contributed by atoms with Crippen LogP contribution in [0, 0.1) is 6.92 Å². The van der Waals surface area contributed by atoms with Gasteiger partial charge in [0, 0.05) is 44.6 Å². The topological polar surface area (TPSA) is 64.4 Å². The van der Waals surface area contributed by atoms with E-state index in [1.807, 2.05) is 19.2 Å². The summed E-state index contributed by atoms with van der Waals surface area (Å²) in [6.07, 6.45) is 2.63. The van der Waals surface area contributed by atoms with Gasteiger partial charge >= 0.3 is 0 Å². The third-order valence-corrected chi connectivity index (χ3v) is 6.38. The number of hydrogen-bond donors (Lipinski definition) is 0. The van der Waals surface area contributed by atoms with Gasteiger partial charge in [-0.25, -0.2) is 13.4 Å². The van der Waals surface area contributed by atoms with Crippen LogP contribution >= 0.6 is 0 Å². The first kappa shape index (κ1) is 17.1. The molecule has 0 saturated carbocycles. The minimum Gasteiger partial charge on any atom is -0.383 e. The molecule has 1 aromatic heterocycles. The molecule has 0 N–H and O–H groups in total. The number of nitrogens with zero attached hydrogens (tertiary/aromatic N) is 3. The van der Waals surface area contributed by atoms with Gasteiger partial charge in [0.15, 0.2) is 0 Å². The van der Waals surface area contributed by atoms with Gasteiger partial charge in [-0.3, -0.25) is 0 Å². The van der Waals surface area contributed by atoms with Crippen LogP contribution in [0.15, 0.2) is 41.4 Å². The fraction of sp³-hybridized carbons (Fsp3) is 0.471. The molecule has 1 aliphatic heterocycles. The molecular formula is C17H23N3O3S. The molecule has 1 unspecified atom stereocenters. The number of hydrogen-bond acceptors (Lipinski definition) is 4. The third-order valence-electron chi connectivity index (χ3n) is 4.50. The van der Waals surface area contributed by atoms with Gasteiger partial charge in [-0.1, -0.05) is 18.2 Å². The molecule has 3 rings (SSSR count). The maximum atomic E-state index is 12.8. The van der Waals surface area contributed by atoms with E-state index in [1.54, 1.807) is 35.7 Å². The molecule has 0 aliphatic carbocycles. The van der Waals surface area contributed by atoms with Crippen molar-refractivity contribution in [2.45, 2.75) is 30.7 Å². The van der Waals surface area contributed by atoms with Crippen LogP contribution in [0.3, 0.4) is 0 Å². The van der Waals surface area contributed by atoms with Crippen molar-refractivity contribution in [3.05, 3.63) is 48.0 Å². The fourth-order valence-electron chi connectivity index (χ4n) is 3.18. The number of methoxy groups -OCH3 is 1. The lowest BCUT2D eigenvalue weighted by Gasteiger charge is -2.17. The highest BCUT2D eigenvalue weighted by atomic mass is 32.2. The summed E-state index contributed by atoms with van der Waals surface area (Å²) in [7, 11) is -1.75. The summed E-state index contributed by atoms with van der Waals surface area (Å²) in [5.41, 5.74) is 1.08. The normalized spacial score (nSPS) is 19.0. The highest BCUT2D eigenvalue weighted by Crippen LogP contribution is 2.30. The van der Waals surface area contributed by atoms with Crippen LogP contribution in [0.25, 0.3) is 0 Å². The van der Waals surface area contributed by atoms with Crippen molar-refractivity contribution in [2.24, 2.45) is 0 Å². The maximum Gasteiger partial charge on any atom is 0.243 e. The van der Waals surface area contributed by atoms with E-state index in [0.29, 0.717) is 24.6 Å². The highest BCUT2D eigenvalue weighted by molar-refractivity contribution is 7.89. The van der Waals surface area contributed by atoms with E-state index in [2.05, 4.69) is 9.55 Å². The number of imidazole rings is 1. The summed E-state index contributed by atoms with van der Waals surface area (Å²) in [6, 6.07) is 8.61. The van der Waals surface area contributed by atoms with E-state index in [9.17, 15) is 8.42 Å². The van der Waals surface area contributed by atoms with Crippen LogP contribution in [0.5, 0.6) is 0 Å². The van der Waals surface area contributed by atoms with Crippen molar-refractivity contribution in [1.82, 2.24) is 13.9 Å². The molecular weight excluding hydrogens is 326 g/mol. The van der Waals surface area contributed by atoms with E-state index in [-0.39, 0.29) is 5.92 Å².